The average Bonchev–Trinajstić information content (AvgIpc) is 3.43. The van der Waals surface area contributed by atoms with Crippen LogP contribution in [0.25, 0.3) is 0 Å². The van der Waals surface area contributed by atoms with Gasteiger partial charge < -0.3 is 19.0 Å². The lowest BCUT2D eigenvalue weighted by atomic mass is 10.0. The summed E-state index contributed by atoms with van der Waals surface area (Å²) in [7, 11) is 0. The fraction of sp³-hybridized carbons (Fsp3) is 0.333. The molecule has 0 aromatic heterocycles. The van der Waals surface area contributed by atoms with Crippen molar-refractivity contribution in [1.82, 2.24) is 5.48 Å². The van der Waals surface area contributed by atoms with Gasteiger partial charge in [-0.1, -0.05) is 91.0 Å². The summed E-state index contributed by atoms with van der Waals surface area (Å²) in [6.45, 7) is 2.15. The summed E-state index contributed by atoms with van der Waals surface area (Å²) in [5.41, 5.74) is 6.59. The highest BCUT2D eigenvalue weighted by atomic mass is 16.7. The Kier molecular flexibility index (Phi) is 6.92. The summed E-state index contributed by atoms with van der Waals surface area (Å²) >= 11 is 0. The number of ether oxygens (including phenoxy) is 3. The molecule has 3 aromatic rings. The molecule has 1 aliphatic heterocycles. The molecule has 5 heteroatoms. The van der Waals surface area contributed by atoms with Crippen molar-refractivity contribution < 1.29 is 19.0 Å². The lowest BCUT2D eigenvalue weighted by Crippen LogP contribution is -2.42. The predicted octanol–water partition coefficient (Wildman–Crippen LogP) is 4.28. The first kappa shape index (κ1) is 21.3. The zero-order valence-corrected chi connectivity index (χ0v) is 18.0. The average molecular weight is 432 g/mol. The van der Waals surface area contributed by atoms with Gasteiger partial charge in [0.05, 0.1) is 38.6 Å². The van der Waals surface area contributed by atoms with E-state index >= 15 is 0 Å². The van der Waals surface area contributed by atoms with Gasteiger partial charge in [-0.3, -0.25) is 0 Å². The van der Waals surface area contributed by atoms with Crippen LogP contribution in [0.1, 0.15) is 16.7 Å². The molecule has 5 nitrogen and oxygen atoms in total. The summed E-state index contributed by atoms with van der Waals surface area (Å²) < 4.78 is 19.4. The van der Waals surface area contributed by atoms with E-state index in [2.05, 4.69) is 41.9 Å². The molecule has 0 spiro atoms. The monoisotopic (exact) mass is 431 g/mol. The van der Waals surface area contributed by atoms with Crippen LogP contribution in [-0.2, 0) is 38.9 Å². The second-order valence-electron chi connectivity index (χ2n) is 8.40. The standard InChI is InChI=1S/C27H29NO4/c1-4-10-20(11-5-1)16-29-25-23-19-32-28-24(23)26(30-17-21-12-6-2-7-13-21)27(25)31-18-22-14-8-3-9-15-22/h1-15,23-28H,16-19H2/t23-,24+,25+,26-,27-/m0/s1. The number of hydrogen-bond donors (Lipinski definition) is 1. The van der Waals surface area contributed by atoms with Crippen molar-refractivity contribution in [3.63, 3.8) is 0 Å². The highest BCUT2D eigenvalue weighted by Gasteiger charge is 2.55. The first-order valence-corrected chi connectivity index (χ1v) is 11.2. The Labute approximate surface area is 189 Å². The van der Waals surface area contributed by atoms with E-state index in [1.54, 1.807) is 0 Å². The number of fused-ring (bicyclic) bond motifs is 1. The molecule has 166 valence electrons. The van der Waals surface area contributed by atoms with E-state index in [0.29, 0.717) is 26.4 Å². The molecular weight excluding hydrogens is 402 g/mol. The molecule has 2 aliphatic rings. The van der Waals surface area contributed by atoms with Crippen molar-refractivity contribution in [2.45, 2.75) is 44.2 Å². The molecule has 5 atom stereocenters. The normalized spacial score (nSPS) is 26.8. The van der Waals surface area contributed by atoms with Gasteiger partial charge in [0.2, 0.25) is 0 Å². The van der Waals surface area contributed by atoms with E-state index in [1.807, 2.05) is 54.6 Å². The van der Waals surface area contributed by atoms with Gasteiger partial charge in [-0.15, -0.1) is 0 Å². The van der Waals surface area contributed by atoms with Crippen molar-refractivity contribution in [3.8, 4) is 0 Å². The number of hydroxylamine groups is 1. The maximum absolute atomic E-state index is 6.48. The van der Waals surface area contributed by atoms with Crippen molar-refractivity contribution in [2.24, 2.45) is 5.92 Å². The highest BCUT2D eigenvalue weighted by molar-refractivity contribution is 5.16. The lowest BCUT2D eigenvalue weighted by Gasteiger charge is -2.28. The largest absolute Gasteiger partial charge is 0.370 e. The molecule has 3 aromatic carbocycles. The van der Waals surface area contributed by atoms with Crippen molar-refractivity contribution >= 4 is 0 Å². The molecule has 1 N–H and O–H groups in total. The van der Waals surface area contributed by atoms with Crippen LogP contribution in [-0.4, -0.2) is 31.0 Å². The van der Waals surface area contributed by atoms with Crippen LogP contribution in [0.15, 0.2) is 91.0 Å². The lowest BCUT2D eigenvalue weighted by molar-refractivity contribution is -0.140. The number of benzene rings is 3. The second-order valence-corrected chi connectivity index (χ2v) is 8.40. The Morgan fingerprint density at radius 1 is 0.594 bits per heavy atom. The third kappa shape index (κ3) is 4.93. The summed E-state index contributed by atoms with van der Waals surface area (Å²) in [6, 6.07) is 30.7. The number of rotatable bonds is 9. The minimum atomic E-state index is -0.200. The van der Waals surface area contributed by atoms with E-state index in [4.69, 9.17) is 19.0 Å². The Balaban J connectivity index is 1.33. The van der Waals surface area contributed by atoms with E-state index in [0.717, 1.165) is 16.7 Å². The molecule has 5 rings (SSSR count). The minimum Gasteiger partial charge on any atom is -0.370 e. The third-order valence-electron chi connectivity index (χ3n) is 6.24. The molecular formula is C27H29NO4. The zero-order valence-electron chi connectivity index (χ0n) is 18.0. The SMILES string of the molecule is c1ccc(CO[C@H]2[C@H](OCc3ccccc3)[C@H]3CON[C@H]3[C@@H]2OCc2ccccc2)cc1. The van der Waals surface area contributed by atoms with Crippen molar-refractivity contribution in [1.29, 1.82) is 0 Å². The first-order chi connectivity index (χ1) is 15.9. The summed E-state index contributed by atoms with van der Waals surface area (Å²) in [5, 5.41) is 0. The zero-order chi connectivity index (χ0) is 21.6. The van der Waals surface area contributed by atoms with Gasteiger partial charge in [0.25, 0.3) is 0 Å². The van der Waals surface area contributed by atoms with Crippen LogP contribution in [0.5, 0.6) is 0 Å². The van der Waals surface area contributed by atoms with Gasteiger partial charge in [-0.2, -0.15) is 5.48 Å². The van der Waals surface area contributed by atoms with E-state index in [9.17, 15) is 0 Å². The highest BCUT2D eigenvalue weighted by Crippen LogP contribution is 2.38. The van der Waals surface area contributed by atoms with Crippen LogP contribution in [0.2, 0.25) is 0 Å². The Morgan fingerprint density at radius 3 is 1.53 bits per heavy atom. The topological polar surface area (TPSA) is 49.0 Å². The fourth-order valence-corrected chi connectivity index (χ4v) is 4.58. The quantitative estimate of drug-likeness (QED) is 0.548. The molecule has 0 amide bonds. The second kappa shape index (κ2) is 10.4. The summed E-state index contributed by atoms with van der Waals surface area (Å²) in [6.07, 6.45) is -0.499. The van der Waals surface area contributed by atoms with Crippen molar-refractivity contribution in [2.75, 3.05) is 6.61 Å². The predicted molar refractivity (Wildman–Crippen MR) is 121 cm³/mol. The van der Waals surface area contributed by atoms with Crippen LogP contribution in [0, 0.1) is 5.92 Å². The fourth-order valence-electron chi connectivity index (χ4n) is 4.58. The number of nitrogens with one attached hydrogen (secondary N) is 1. The molecule has 0 radical (unpaired) electrons. The Bertz CT molecular complexity index is 896. The van der Waals surface area contributed by atoms with Gasteiger partial charge in [-0.05, 0) is 16.7 Å². The molecule has 2 fully saturated rings. The molecule has 0 unspecified atom stereocenters. The molecule has 1 heterocycles. The maximum atomic E-state index is 6.48. The molecule has 1 saturated heterocycles. The molecule has 1 aliphatic carbocycles. The maximum Gasteiger partial charge on any atom is 0.112 e. The Morgan fingerprint density at radius 2 is 1.03 bits per heavy atom. The van der Waals surface area contributed by atoms with Crippen LogP contribution < -0.4 is 5.48 Å². The van der Waals surface area contributed by atoms with E-state index in [-0.39, 0.29) is 30.3 Å². The van der Waals surface area contributed by atoms with E-state index in [1.165, 1.54) is 0 Å². The molecule has 1 saturated carbocycles. The third-order valence-corrected chi connectivity index (χ3v) is 6.24. The van der Waals surface area contributed by atoms with Gasteiger partial charge in [-0.25, -0.2) is 0 Å². The van der Waals surface area contributed by atoms with Crippen molar-refractivity contribution in [3.05, 3.63) is 108 Å². The van der Waals surface area contributed by atoms with Gasteiger partial charge in [0.1, 0.15) is 12.2 Å². The minimum absolute atomic E-state index is 0.0280. The number of hydrogen-bond acceptors (Lipinski definition) is 5. The Hall–Kier alpha value is -2.54. The smallest absolute Gasteiger partial charge is 0.112 e. The van der Waals surface area contributed by atoms with Gasteiger partial charge in [0.15, 0.2) is 0 Å². The van der Waals surface area contributed by atoms with Gasteiger partial charge >= 0.3 is 0 Å². The summed E-state index contributed by atoms with van der Waals surface area (Å²) in [4.78, 5) is 5.62. The molecule has 32 heavy (non-hydrogen) atoms. The van der Waals surface area contributed by atoms with Gasteiger partial charge in [0, 0.05) is 5.92 Å². The van der Waals surface area contributed by atoms with Crippen LogP contribution in [0.4, 0.5) is 0 Å². The molecule has 0 bridgehead atoms. The first-order valence-electron chi connectivity index (χ1n) is 11.2. The van der Waals surface area contributed by atoms with Crippen LogP contribution in [0.3, 0.4) is 0 Å². The van der Waals surface area contributed by atoms with Crippen LogP contribution >= 0.6 is 0 Å². The summed E-state index contributed by atoms with van der Waals surface area (Å²) in [5.74, 6) is 0.167. The van der Waals surface area contributed by atoms with E-state index < -0.39 is 0 Å².